The Kier molecular flexibility index (Phi) is 5.36. The van der Waals surface area contributed by atoms with Gasteiger partial charge in [0.1, 0.15) is 11.6 Å². The van der Waals surface area contributed by atoms with E-state index in [2.05, 4.69) is 5.32 Å². The van der Waals surface area contributed by atoms with Crippen LogP contribution in [0.2, 0.25) is 5.02 Å². The maximum atomic E-state index is 14.3. The highest BCUT2D eigenvalue weighted by molar-refractivity contribution is 6.31. The third-order valence-electron chi connectivity index (χ3n) is 4.93. The van der Waals surface area contributed by atoms with Crippen LogP contribution in [0.15, 0.2) is 59.2 Å². The number of nitrogens with zero attached hydrogens (tertiary/aromatic N) is 1. The Labute approximate surface area is 172 Å². The lowest BCUT2D eigenvalue weighted by atomic mass is 9.98. The molecule has 0 aliphatic carbocycles. The standard InChI is InChI=1S/C22H18ClFN2O3/c23-18-4-1-5-19(24)17(18)13-26-20-11-15(7-6-14(20)8-9-21(26)27)22(28)25-12-16-3-2-10-29-16/h1-7,10-11H,8-9,12-13H2,(H,25,28). The van der Waals surface area contributed by atoms with Crippen LogP contribution in [0, 0.1) is 5.82 Å². The second kappa shape index (κ2) is 8.09. The number of carbonyl (C=O) groups excluding carboxylic acids is 2. The Balaban J connectivity index is 1.60. The van der Waals surface area contributed by atoms with E-state index in [-0.39, 0.29) is 35.5 Å². The molecule has 1 aromatic heterocycles. The van der Waals surface area contributed by atoms with E-state index in [1.54, 1.807) is 30.3 Å². The molecular weight excluding hydrogens is 395 g/mol. The van der Waals surface area contributed by atoms with Crippen molar-refractivity contribution in [2.75, 3.05) is 4.90 Å². The Morgan fingerprint density at radius 3 is 2.79 bits per heavy atom. The third-order valence-corrected chi connectivity index (χ3v) is 5.28. The summed E-state index contributed by atoms with van der Waals surface area (Å²) < 4.78 is 19.5. The van der Waals surface area contributed by atoms with Gasteiger partial charge < -0.3 is 14.6 Å². The van der Waals surface area contributed by atoms with Crippen LogP contribution in [-0.2, 0) is 24.3 Å². The lowest BCUT2D eigenvalue weighted by Gasteiger charge is -2.30. The first-order chi connectivity index (χ1) is 14.0. The molecule has 7 heteroatoms. The fourth-order valence-corrected chi connectivity index (χ4v) is 3.60. The predicted octanol–water partition coefficient (Wildman–Crippen LogP) is 4.48. The summed E-state index contributed by atoms with van der Waals surface area (Å²) >= 11 is 6.14. The minimum Gasteiger partial charge on any atom is -0.467 e. The molecule has 29 heavy (non-hydrogen) atoms. The second-order valence-corrected chi connectivity index (χ2v) is 7.19. The van der Waals surface area contributed by atoms with Crippen LogP contribution in [0.4, 0.5) is 10.1 Å². The van der Waals surface area contributed by atoms with E-state index in [1.807, 2.05) is 6.07 Å². The summed E-state index contributed by atoms with van der Waals surface area (Å²) in [6, 6.07) is 13.2. The summed E-state index contributed by atoms with van der Waals surface area (Å²) in [5.74, 6) is -0.247. The van der Waals surface area contributed by atoms with E-state index >= 15 is 0 Å². The van der Waals surface area contributed by atoms with Gasteiger partial charge in [-0.1, -0.05) is 23.7 Å². The van der Waals surface area contributed by atoms with Crippen molar-refractivity contribution in [2.24, 2.45) is 0 Å². The Morgan fingerprint density at radius 1 is 1.17 bits per heavy atom. The molecule has 4 rings (SSSR count). The molecule has 1 aliphatic heterocycles. The first kappa shape index (κ1) is 19.2. The molecule has 2 amide bonds. The number of fused-ring (bicyclic) bond motifs is 1. The number of benzene rings is 2. The maximum absolute atomic E-state index is 14.3. The average Bonchev–Trinajstić information content (AvgIpc) is 3.23. The number of carbonyl (C=O) groups is 2. The molecule has 0 bridgehead atoms. The van der Waals surface area contributed by atoms with Crippen molar-refractivity contribution in [2.45, 2.75) is 25.9 Å². The van der Waals surface area contributed by atoms with Gasteiger partial charge >= 0.3 is 0 Å². The number of aryl methyl sites for hydroxylation is 1. The molecule has 0 radical (unpaired) electrons. The zero-order chi connectivity index (χ0) is 20.4. The topological polar surface area (TPSA) is 62.6 Å². The molecular formula is C22H18ClFN2O3. The average molecular weight is 413 g/mol. The van der Waals surface area contributed by atoms with Crippen LogP contribution >= 0.6 is 11.6 Å². The number of hydrogen-bond acceptors (Lipinski definition) is 3. The van der Waals surface area contributed by atoms with Gasteiger partial charge in [-0.15, -0.1) is 0 Å². The summed E-state index contributed by atoms with van der Waals surface area (Å²) in [7, 11) is 0. The molecule has 0 saturated carbocycles. The fraction of sp³-hybridized carbons (Fsp3) is 0.182. The summed E-state index contributed by atoms with van der Waals surface area (Å²) in [5.41, 5.74) is 2.20. The van der Waals surface area contributed by atoms with E-state index in [4.69, 9.17) is 16.0 Å². The van der Waals surface area contributed by atoms with E-state index < -0.39 is 5.82 Å². The molecule has 3 aromatic rings. The van der Waals surface area contributed by atoms with Crippen molar-refractivity contribution in [3.05, 3.63) is 88.1 Å². The highest BCUT2D eigenvalue weighted by Gasteiger charge is 2.27. The minimum absolute atomic E-state index is 0.00874. The normalized spacial score (nSPS) is 13.3. The number of rotatable bonds is 5. The molecule has 0 spiro atoms. The van der Waals surface area contributed by atoms with Crippen molar-refractivity contribution < 1.29 is 18.4 Å². The number of hydrogen-bond donors (Lipinski definition) is 1. The summed E-state index contributed by atoms with van der Waals surface area (Å²) in [6.45, 7) is 0.269. The summed E-state index contributed by atoms with van der Waals surface area (Å²) in [5, 5.41) is 3.05. The first-order valence-corrected chi connectivity index (χ1v) is 9.57. The predicted molar refractivity (Wildman–Crippen MR) is 107 cm³/mol. The van der Waals surface area contributed by atoms with E-state index in [0.29, 0.717) is 29.9 Å². The number of amides is 2. The van der Waals surface area contributed by atoms with Gasteiger partial charge in [0.2, 0.25) is 5.91 Å². The molecule has 0 fully saturated rings. The van der Waals surface area contributed by atoms with Crippen molar-refractivity contribution in [1.82, 2.24) is 5.32 Å². The molecule has 1 aliphatic rings. The molecule has 0 atom stereocenters. The quantitative estimate of drug-likeness (QED) is 0.672. The molecule has 2 aromatic carbocycles. The third kappa shape index (κ3) is 4.03. The second-order valence-electron chi connectivity index (χ2n) is 6.79. The number of furan rings is 1. The largest absolute Gasteiger partial charge is 0.467 e. The Morgan fingerprint density at radius 2 is 2.03 bits per heavy atom. The van der Waals surface area contributed by atoms with Gasteiger partial charge in [-0.25, -0.2) is 4.39 Å². The number of halogens is 2. The van der Waals surface area contributed by atoms with Crippen molar-refractivity contribution in [1.29, 1.82) is 0 Å². The van der Waals surface area contributed by atoms with Gasteiger partial charge in [-0.05, 0) is 48.4 Å². The van der Waals surface area contributed by atoms with Crippen LogP contribution < -0.4 is 10.2 Å². The SMILES string of the molecule is O=C(NCc1ccco1)c1ccc2c(c1)N(Cc1c(F)cccc1Cl)C(=O)CC2. The molecule has 2 heterocycles. The lowest BCUT2D eigenvalue weighted by molar-refractivity contribution is -0.119. The smallest absolute Gasteiger partial charge is 0.251 e. The fourth-order valence-electron chi connectivity index (χ4n) is 3.38. The molecule has 0 unspecified atom stereocenters. The highest BCUT2D eigenvalue weighted by atomic mass is 35.5. The molecule has 1 N–H and O–H groups in total. The van der Waals surface area contributed by atoms with Crippen LogP contribution in [0.3, 0.4) is 0 Å². The highest BCUT2D eigenvalue weighted by Crippen LogP contribution is 2.32. The zero-order valence-electron chi connectivity index (χ0n) is 15.5. The number of nitrogens with one attached hydrogen (secondary N) is 1. The van der Waals surface area contributed by atoms with Gasteiger partial charge in [0, 0.05) is 28.3 Å². The van der Waals surface area contributed by atoms with Crippen molar-refractivity contribution in [3.8, 4) is 0 Å². The first-order valence-electron chi connectivity index (χ1n) is 9.19. The van der Waals surface area contributed by atoms with Crippen molar-refractivity contribution >= 4 is 29.1 Å². The van der Waals surface area contributed by atoms with Crippen LogP contribution in [-0.4, -0.2) is 11.8 Å². The zero-order valence-corrected chi connectivity index (χ0v) is 16.2. The van der Waals surface area contributed by atoms with Crippen LogP contribution in [0.5, 0.6) is 0 Å². The monoisotopic (exact) mass is 412 g/mol. The molecule has 148 valence electrons. The molecule has 5 nitrogen and oxygen atoms in total. The van der Waals surface area contributed by atoms with E-state index in [1.165, 1.54) is 23.3 Å². The summed E-state index contributed by atoms with van der Waals surface area (Å²) in [6.07, 6.45) is 2.44. The summed E-state index contributed by atoms with van der Waals surface area (Å²) in [4.78, 5) is 26.6. The minimum atomic E-state index is -0.468. The van der Waals surface area contributed by atoms with Crippen molar-refractivity contribution in [3.63, 3.8) is 0 Å². The van der Waals surface area contributed by atoms with Gasteiger partial charge in [-0.3, -0.25) is 9.59 Å². The van der Waals surface area contributed by atoms with Gasteiger partial charge in [0.15, 0.2) is 0 Å². The van der Waals surface area contributed by atoms with E-state index in [0.717, 1.165) is 5.56 Å². The lowest BCUT2D eigenvalue weighted by Crippen LogP contribution is -2.35. The van der Waals surface area contributed by atoms with Crippen LogP contribution in [0.25, 0.3) is 0 Å². The Hall–Kier alpha value is -3.12. The van der Waals surface area contributed by atoms with Gasteiger partial charge in [0.25, 0.3) is 5.91 Å². The van der Waals surface area contributed by atoms with Crippen LogP contribution in [0.1, 0.15) is 33.7 Å². The maximum Gasteiger partial charge on any atom is 0.251 e. The Bertz CT molecular complexity index is 1050. The van der Waals surface area contributed by atoms with Gasteiger partial charge in [0.05, 0.1) is 19.4 Å². The van der Waals surface area contributed by atoms with Gasteiger partial charge in [-0.2, -0.15) is 0 Å². The molecule has 0 saturated heterocycles. The number of anilines is 1. The van der Waals surface area contributed by atoms with E-state index in [9.17, 15) is 14.0 Å².